The van der Waals surface area contributed by atoms with E-state index in [-0.39, 0.29) is 62.6 Å². The van der Waals surface area contributed by atoms with E-state index < -0.39 is 0 Å². The van der Waals surface area contributed by atoms with Crippen molar-refractivity contribution in [2.75, 3.05) is 0 Å². The Morgan fingerprint density at radius 2 is 1.73 bits per heavy atom. The first-order valence-electron chi connectivity index (χ1n) is 8.03. The van der Waals surface area contributed by atoms with Crippen molar-refractivity contribution in [3.8, 4) is 0 Å². The van der Waals surface area contributed by atoms with Gasteiger partial charge in [0.1, 0.15) is 0 Å². The van der Waals surface area contributed by atoms with Crippen molar-refractivity contribution in [2.24, 2.45) is 0 Å². The SMILES string of the molecule is CC(C)(C)c1c[c-]no1.O=C(/C=C/c1ccccc1)c1cc[c-]cc1.[K+]. The molecule has 0 amide bonds. The largest absolute Gasteiger partial charge is 1.00 e. The van der Waals surface area contributed by atoms with Crippen LogP contribution in [0.1, 0.15) is 42.5 Å². The zero-order valence-corrected chi connectivity index (χ0v) is 18.8. The van der Waals surface area contributed by atoms with Crippen LogP contribution in [0.3, 0.4) is 0 Å². The van der Waals surface area contributed by atoms with Crippen LogP contribution >= 0.6 is 0 Å². The zero-order valence-electron chi connectivity index (χ0n) is 15.7. The zero-order chi connectivity index (χ0) is 18.1. The van der Waals surface area contributed by atoms with Crippen LogP contribution in [0.4, 0.5) is 0 Å². The Kier molecular flexibility index (Phi) is 9.99. The summed E-state index contributed by atoms with van der Waals surface area (Å²) in [5.41, 5.74) is 1.77. The van der Waals surface area contributed by atoms with Crippen molar-refractivity contribution in [1.29, 1.82) is 0 Å². The first-order valence-corrected chi connectivity index (χ1v) is 8.03. The summed E-state index contributed by atoms with van der Waals surface area (Å²) in [4.78, 5) is 11.7. The average molecular weight is 371 g/mol. The van der Waals surface area contributed by atoms with Gasteiger partial charge in [-0.15, -0.1) is 6.20 Å². The first kappa shape index (κ1) is 22.7. The predicted octanol–water partition coefficient (Wildman–Crippen LogP) is 2.16. The second kappa shape index (κ2) is 11.4. The molecule has 0 aliphatic heterocycles. The molecule has 1 aromatic heterocycles. The van der Waals surface area contributed by atoms with Gasteiger partial charge in [0.2, 0.25) is 0 Å². The molecule has 0 fully saturated rings. The molecule has 26 heavy (non-hydrogen) atoms. The number of aromatic nitrogens is 1. The predicted molar refractivity (Wildman–Crippen MR) is 99.1 cm³/mol. The molecule has 0 atom stereocenters. The summed E-state index contributed by atoms with van der Waals surface area (Å²) in [5.74, 6) is 0.889. The minimum atomic E-state index is 0. The van der Waals surface area contributed by atoms with Gasteiger partial charge in [0.15, 0.2) is 5.78 Å². The Bertz CT molecular complexity index is 789. The summed E-state index contributed by atoms with van der Waals surface area (Å²) in [7, 11) is 0. The summed E-state index contributed by atoms with van der Waals surface area (Å²) in [6.45, 7) is 6.21. The molecule has 0 N–H and O–H groups in total. The summed E-state index contributed by atoms with van der Waals surface area (Å²) in [6.07, 6.45) is 6.03. The Morgan fingerprint density at radius 3 is 2.23 bits per heavy atom. The van der Waals surface area contributed by atoms with Crippen molar-refractivity contribution in [2.45, 2.75) is 26.2 Å². The second-order valence-corrected chi connectivity index (χ2v) is 6.47. The van der Waals surface area contributed by atoms with Gasteiger partial charge >= 0.3 is 51.4 Å². The maximum absolute atomic E-state index is 11.7. The van der Waals surface area contributed by atoms with Crippen LogP contribution in [-0.2, 0) is 5.41 Å². The molecule has 0 unspecified atom stereocenters. The van der Waals surface area contributed by atoms with Crippen molar-refractivity contribution >= 4 is 11.9 Å². The Labute approximate surface area is 197 Å². The Morgan fingerprint density at radius 1 is 1.08 bits per heavy atom. The van der Waals surface area contributed by atoms with Gasteiger partial charge < -0.3 is 4.52 Å². The second-order valence-electron chi connectivity index (χ2n) is 6.47. The van der Waals surface area contributed by atoms with Crippen molar-refractivity contribution in [3.63, 3.8) is 0 Å². The van der Waals surface area contributed by atoms with Crippen LogP contribution in [0, 0.1) is 12.3 Å². The van der Waals surface area contributed by atoms with Crippen LogP contribution < -0.4 is 51.4 Å². The maximum atomic E-state index is 11.7. The maximum Gasteiger partial charge on any atom is 1.00 e. The third-order valence-electron chi connectivity index (χ3n) is 3.36. The summed E-state index contributed by atoms with van der Waals surface area (Å²) in [5, 5.41) is 3.49. The van der Waals surface area contributed by atoms with Gasteiger partial charge in [-0.3, -0.25) is 4.79 Å². The van der Waals surface area contributed by atoms with Crippen LogP contribution in [-0.4, -0.2) is 10.9 Å². The van der Waals surface area contributed by atoms with Gasteiger partial charge in [-0.1, -0.05) is 62.7 Å². The van der Waals surface area contributed by atoms with Crippen LogP contribution in [0.25, 0.3) is 6.08 Å². The number of nitrogens with zero attached hydrogens (tertiary/aromatic N) is 1. The van der Waals surface area contributed by atoms with Crippen LogP contribution in [0.15, 0.2) is 71.3 Å². The molecule has 4 heteroatoms. The number of carbonyl (C=O) groups is 1. The van der Waals surface area contributed by atoms with Gasteiger partial charge in [0.25, 0.3) is 0 Å². The van der Waals surface area contributed by atoms with Crippen molar-refractivity contribution in [3.05, 3.63) is 95.9 Å². The van der Waals surface area contributed by atoms with E-state index in [1.54, 1.807) is 36.4 Å². The molecule has 0 aliphatic rings. The monoisotopic (exact) mass is 370 g/mol. The van der Waals surface area contributed by atoms with E-state index in [0.717, 1.165) is 11.3 Å². The molecule has 2 aromatic carbocycles. The van der Waals surface area contributed by atoms with E-state index in [2.05, 4.69) is 38.2 Å². The molecule has 3 aromatic rings. The molecule has 128 valence electrons. The molecular formula is C22H21KNO2-. The minimum Gasteiger partial charge on any atom is -0.470 e. The summed E-state index contributed by atoms with van der Waals surface area (Å²) < 4.78 is 4.89. The fourth-order valence-corrected chi connectivity index (χ4v) is 1.92. The van der Waals surface area contributed by atoms with Crippen LogP contribution in [0.2, 0.25) is 0 Å². The van der Waals surface area contributed by atoms with E-state index in [4.69, 9.17) is 4.52 Å². The summed E-state index contributed by atoms with van der Waals surface area (Å²) in [6, 6.07) is 21.4. The van der Waals surface area contributed by atoms with Crippen molar-refractivity contribution in [1.82, 2.24) is 5.16 Å². The number of benzene rings is 2. The number of ketones is 1. The Balaban J connectivity index is 0.000000290. The van der Waals surface area contributed by atoms with Crippen LogP contribution in [0.5, 0.6) is 0 Å². The van der Waals surface area contributed by atoms with E-state index in [1.807, 2.05) is 36.4 Å². The molecule has 1 heterocycles. The average Bonchev–Trinajstić information content (AvgIpc) is 3.17. The number of hydrogen-bond acceptors (Lipinski definition) is 3. The standard InChI is InChI=1S/C15H11O.C7H10NO.K/c16-15(14-9-5-2-6-10-14)12-11-13-7-3-1-4-8-13;1-7(2,3)6-4-5-8-9-6;/h1,3-12H;4H,1-3H3;/q2*-1;+1/b12-11+;;. The van der Waals surface area contributed by atoms with E-state index in [9.17, 15) is 4.79 Å². The van der Waals surface area contributed by atoms with Crippen molar-refractivity contribution < 1.29 is 60.7 Å². The fourth-order valence-electron chi connectivity index (χ4n) is 1.92. The molecular weight excluding hydrogens is 349 g/mol. The van der Waals surface area contributed by atoms with E-state index in [0.29, 0.717) is 5.56 Å². The molecule has 0 radical (unpaired) electrons. The topological polar surface area (TPSA) is 43.1 Å². The number of rotatable bonds is 3. The first-order chi connectivity index (χ1) is 12.0. The molecule has 3 nitrogen and oxygen atoms in total. The van der Waals surface area contributed by atoms with Gasteiger partial charge in [0.05, 0.1) is 0 Å². The molecule has 0 spiro atoms. The van der Waals surface area contributed by atoms with Gasteiger partial charge in [0, 0.05) is 0 Å². The van der Waals surface area contributed by atoms with Gasteiger partial charge in [-0.2, -0.15) is 36.4 Å². The third kappa shape index (κ3) is 7.93. The molecule has 0 saturated carbocycles. The smallest absolute Gasteiger partial charge is 0.470 e. The van der Waals surface area contributed by atoms with E-state index in [1.165, 1.54) is 0 Å². The normalized spacial score (nSPS) is 10.6. The fraction of sp³-hybridized carbons (Fsp3) is 0.182. The third-order valence-corrected chi connectivity index (χ3v) is 3.36. The van der Waals surface area contributed by atoms with Gasteiger partial charge in [-0.05, 0) is 22.8 Å². The molecule has 0 aliphatic carbocycles. The Hall–Kier alpha value is -1.30. The van der Waals surface area contributed by atoms with Gasteiger partial charge in [-0.25, -0.2) is 5.16 Å². The molecule has 3 rings (SSSR count). The number of carbonyl (C=O) groups excluding carboxylic acids is 1. The summed E-state index contributed by atoms with van der Waals surface area (Å²) >= 11 is 0. The molecule has 0 bridgehead atoms. The van der Waals surface area contributed by atoms with E-state index >= 15 is 0 Å². The number of hydrogen-bond donors (Lipinski definition) is 0. The molecule has 0 saturated heterocycles. The minimum absolute atomic E-state index is 0. The quantitative estimate of drug-likeness (QED) is 0.307. The number of allylic oxidation sites excluding steroid dienone is 1.